The first-order valence-corrected chi connectivity index (χ1v) is 9.94. The quantitative estimate of drug-likeness (QED) is 0.328. The molecule has 0 saturated carbocycles. The SMILES string of the molecule is Cc1ccc2nc(-c3cccc4c3C(C)(C)c3c-4oc4ccccc34)ncc2c1. The van der Waals surface area contributed by atoms with Gasteiger partial charge >= 0.3 is 0 Å². The Labute approximate surface area is 169 Å². The maximum atomic E-state index is 6.31. The van der Waals surface area contributed by atoms with E-state index in [9.17, 15) is 0 Å². The molecule has 3 aromatic carbocycles. The molecule has 0 N–H and O–H groups in total. The lowest BCUT2D eigenvalue weighted by Crippen LogP contribution is -2.16. The van der Waals surface area contributed by atoms with Crippen LogP contribution in [0, 0.1) is 6.92 Å². The van der Waals surface area contributed by atoms with Crippen LogP contribution in [-0.4, -0.2) is 9.97 Å². The fraction of sp³-hybridized carbons (Fsp3) is 0.154. The number of fused-ring (bicyclic) bond motifs is 6. The minimum absolute atomic E-state index is 0.195. The molecule has 1 aliphatic carbocycles. The lowest BCUT2D eigenvalue weighted by molar-refractivity contribution is 0.619. The number of hydrogen-bond acceptors (Lipinski definition) is 3. The van der Waals surface area contributed by atoms with Gasteiger partial charge in [0.1, 0.15) is 11.3 Å². The third-order valence-corrected chi connectivity index (χ3v) is 6.13. The van der Waals surface area contributed by atoms with Crippen LogP contribution < -0.4 is 0 Å². The van der Waals surface area contributed by atoms with E-state index in [0.29, 0.717) is 0 Å². The van der Waals surface area contributed by atoms with Gasteiger partial charge in [-0.3, -0.25) is 0 Å². The van der Waals surface area contributed by atoms with E-state index in [2.05, 4.69) is 69.3 Å². The predicted octanol–water partition coefficient (Wildman–Crippen LogP) is 6.66. The summed E-state index contributed by atoms with van der Waals surface area (Å²) in [5, 5.41) is 2.25. The molecule has 0 fully saturated rings. The maximum Gasteiger partial charge on any atom is 0.160 e. The smallest absolute Gasteiger partial charge is 0.160 e. The number of nitrogens with zero attached hydrogens (tertiary/aromatic N) is 2. The third-order valence-electron chi connectivity index (χ3n) is 6.13. The Morgan fingerprint density at radius 2 is 1.69 bits per heavy atom. The van der Waals surface area contributed by atoms with Crippen molar-refractivity contribution in [3.05, 3.63) is 83.6 Å². The van der Waals surface area contributed by atoms with Crippen molar-refractivity contribution in [2.24, 2.45) is 0 Å². The molecule has 2 aromatic heterocycles. The summed E-state index contributed by atoms with van der Waals surface area (Å²) < 4.78 is 6.31. The van der Waals surface area contributed by atoms with E-state index in [1.54, 1.807) is 0 Å². The van der Waals surface area contributed by atoms with E-state index in [0.717, 1.165) is 39.2 Å². The first-order chi connectivity index (χ1) is 14.0. The number of hydrogen-bond donors (Lipinski definition) is 0. The van der Waals surface area contributed by atoms with Crippen molar-refractivity contribution in [3.63, 3.8) is 0 Å². The molecule has 6 rings (SSSR count). The number of furan rings is 1. The van der Waals surface area contributed by atoms with Crippen LogP contribution in [0.15, 0.2) is 71.3 Å². The van der Waals surface area contributed by atoms with Gasteiger partial charge in [-0.15, -0.1) is 0 Å². The molecule has 0 unspecified atom stereocenters. The topological polar surface area (TPSA) is 38.9 Å². The average molecular weight is 376 g/mol. The van der Waals surface area contributed by atoms with Crippen molar-refractivity contribution in [2.45, 2.75) is 26.2 Å². The van der Waals surface area contributed by atoms with Crippen molar-refractivity contribution < 1.29 is 4.42 Å². The minimum Gasteiger partial charge on any atom is -0.456 e. The average Bonchev–Trinajstić information content (AvgIpc) is 3.22. The summed E-state index contributed by atoms with van der Waals surface area (Å²) in [7, 11) is 0. The Hall–Kier alpha value is -3.46. The molecular weight excluding hydrogens is 356 g/mol. The Bertz CT molecular complexity index is 1440. The predicted molar refractivity (Wildman–Crippen MR) is 117 cm³/mol. The summed E-state index contributed by atoms with van der Waals surface area (Å²) in [5.41, 5.74) is 7.65. The van der Waals surface area contributed by atoms with Crippen LogP contribution in [0.5, 0.6) is 0 Å². The normalized spacial score (nSPS) is 14.3. The number of benzene rings is 3. The second kappa shape index (κ2) is 5.54. The van der Waals surface area contributed by atoms with Gasteiger partial charge in [-0.05, 0) is 30.7 Å². The van der Waals surface area contributed by atoms with Gasteiger partial charge in [0.2, 0.25) is 0 Å². The van der Waals surface area contributed by atoms with Crippen LogP contribution >= 0.6 is 0 Å². The van der Waals surface area contributed by atoms with Gasteiger partial charge in [0.05, 0.1) is 5.52 Å². The highest BCUT2D eigenvalue weighted by Gasteiger charge is 2.42. The Morgan fingerprint density at radius 3 is 2.59 bits per heavy atom. The molecule has 1 aliphatic rings. The van der Waals surface area contributed by atoms with Gasteiger partial charge in [-0.25, -0.2) is 9.97 Å². The van der Waals surface area contributed by atoms with Crippen molar-refractivity contribution in [3.8, 4) is 22.7 Å². The molecule has 140 valence electrons. The second-order valence-electron chi connectivity index (χ2n) is 8.41. The summed E-state index contributed by atoms with van der Waals surface area (Å²) in [5.74, 6) is 1.74. The molecule has 0 saturated heterocycles. The molecular formula is C26H20N2O. The molecule has 5 aromatic rings. The Kier molecular flexibility index (Phi) is 3.15. The highest BCUT2D eigenvalue weighted by Crippen LogP contribution is 2.55. The van der Waals surface area contributed by atoms with Crippen LogP contribution in [0.2, 0.25) is 0 Å². The molecule has 3 heteroatoms. The van der Waals surface area contributed by atoms with Gasteiger partial charge in [0.25, 0.3) is 0 Å². The van der Waals surface area contributed by atoms with Gasteiger partial charge in [0, 0.05) is 39.1 Å². The van der Waals surface area contributed by atoms with Crippen LogP contribution in [0.25, 0.3) is 44.6 Å². The number of aromatic nitrogens is 2. The lowest BCUT2D eigenvalue weighted by Gasteiger charge is -2.23. The van der Waals surface area contributed by atoms with Crippen molar-refractivity contribution in [2.75, 3.05) is 0 Å². The first kappa shape index (κ1) is 16.5. The van der Waals surface area contributed by atoms with Gasteiger partial charge in [0.15, 0.2) is 5.82 Å². The van der Waals surface area contributed by atoms with E-state index in [-0.39, 0.29) is 5.41 Å². The summed E-state index contributed by atoms with van der Waals surface area (Å²) in [6, 6.07) is 20.9. The highest BCUT2D eigenvalue weighted by molar-refractivity contribution is 5.96. The monoisotopic (exact) mass is 376 g/mol. The van der Waals surface area contributed by atoms with Crippen LogP contribution in [0.3, 0.4) is 0 Å². The van der Waals surface area contributed by atoms with Gasteiger partial charge < -0.3 is 4.42 Å². The summed E-state index contributed by atoms with van der Waals surface area (Å²) in [6.45, 7) is 6.63. The maximum absolute atomic E-state index is 6.31. The zero-order chi connectivity index (χ0) is 19.8. The molecule has 2 heterocycles. The largest absolute Gasteiger partial charge is 0.456 e. The van der Waals surface area contributed by atoms with Gasteiger partial charge in [-0.1, -0.05) is 61.9 Å². The van der Waals surface area contributed by atoms with E-state index in [1.165, 1.54) is 22.1 Å². The minimum atomic E-state index is -0.195. The molecule has 0 bridgehead atoms. The summed E-state index contributed by atoms with van der Waals surface area (Å²) in [4.78, 5) is 9.63. The van der Waals surface area contributed by atoms with Crippen molar-refractivity contribution >= 4 is 21.9 Å². The van der Waals surface area contributed by atoms with Crippen LogP contribution in [-0.2, 0) is 5.41 Å². The molecule has 0 aliphatic heterocycles. The number of para-hydroxylation sites is 1. The van der Waals surface area contributed by atoms with E-state index in [4.69, 9.17) is 14.4 Å². The van der Waals surface area contributed by atoms with E-state index in [1.807, 2.05) is 18.3 Å². The fourth-order valence-corrected chi connectivity index (χ4v) is 4.86. The summed E-state index contributed by atoms with van der Waals surface area (Å²) >= 11 is 0. The van der Waals surface area contributed by atoms with Crippen molar-refractivity contribution in [1.29, 1.82) is 0 Å². The first-order valence-electron chi connectivity index (χ1n) is 9.94. The number of rotatable bonds is 1. The van der Waals surface area contributed by atoms with E-state index >= 15 is 0 Å². The Morgan fingerprint density at radius 1 is 0.862 bits per heavy atom. The zero-order valence-corrected chi connectivity index (χ0v) is 16.7. The standard InChI is InChI=1S/C26H20N2O/c1-15-11-12-20-16(13-15)14-27-25(28-20)19-9-6-8-18-22(19)26(2,3)23-17-7-4-5-10-21(17)29-24(18)23/h4-14H,1-3H3. The zero-order valence-electron chi connectivity index (χ0n) is 16.7. The second-order valence-corrected chi connectivity index (χ2v) is 8.41. The van der Waals surface area contributed by atoms with Crippen molar-refractivity contribution in [1.82, 2.24) is 9.97 Å². The lowest BCUT2D eigenvalue weighted by atomic mass is 9.79. The Balaban J connectivity index is 1.63. The van der Waals surface area contributed by atoms with Crippen LogP contribution in [0.1, 0.15) is 30.5 Å². The third kappa shape index (κ3) is 2.18. The summed E-state index contributed by atoms with van der Waals surface area (Å²) in [6.07, 6.45) is 1.93. The van der Waals surface area contributed by atoms with E-state index < -0.39 is 0 Å². The molecule has 0 amide bonds. The molecule has 0 spiro atoms. The fourth-order valence-electron chi connectivity index (χ4n) is 4.86. The highest BCUT2D eigenvalue weighted by atomic mass is 16.3. The molecule has 29 heavy (non-hydrogen) atoms. The molecule has 0 radical (unpaired) electrons. The molecule has 0 atom stereocenters. The van der Waals surface area contributed by atoms with Crippen LogP contribution in [0.4, 0.5) is 0 Å². The number of aryl methyl sites for hydroxylation is 1. The van der Waals surface area contributed by atoms with Gasteiger partial charge in [-0.2, -0.15) is 0 Å². The molecule has 3 nitrogen and oxygen atoms in total.